The zero-order valence-corrected chi connectivity index (χ0v) is 27.9. The second-order valence-corrected chi connectivity index (χ2v) is 13.9. The first-order valence-electron chi connectivity index (χ1n) is 16.9. The molecule has 4 heterocycles. The largest absolute Gasteiger partial charge is 0.456 e. The maximum absolute atomic E-state index is 6.56. The molecule has 0 aliphatic rings. The van der Waals surface area contributed by atoms with Crippen LogP contribution in [0.5, 0.6) is 0 Å². The number of para-hydroxylation sites is 2. The average Bonchev–Trinajstić information content (AvgIpc) is 3.85. The summed E-state index contributed by atoms with van der Waals surface area (Å²) in [7, 11) is 0. The zero-order valence-electron chi connectivity index (χ0n) is 27.1. The van der Waals surface area contributed by atoms with Gasteiger partial charge in [-0.05, 0) is 54.6 Å². The lowest BCUT2D eigenvalue weighted by atomic mass is 10.1. The van der Waals surface area contributed by atoms with Crippen LogP contribution in [0.3, 0.4) is 0 Å². The second kappa shape index (κ2) is 10.9. The van der Waals surface area contributed by atoms with Crippen molar-refractivity contribution in [2.75, 3.05) is 0 Å². The molecule has 0 radical (unpaired) electrons. The molecule has 11 rings (SSSR count). The highest BCUT2D eigenvalue weighted by atomic mass is 32.1. The molecule has 0 aliphatic carbocycles. The van der Waals surface area contributed by atoms with Gasteiger partial charge in [-0.25, -0.2) is 15.0 Å². The molecule has 0 aliphatic heterocycles. The van der Waals surface area contributed by atoms with E-state index in [-0.39, 0.29) is 0 Å². The molecule has 0 spiro atoms. The van der Waals surface area contributed by atoms with Crippen molar-refractivity contribution >= 4 is 75.3 Å². The Balaban J connectivity index is 1.06. The standard InChI is InChI=1S/C45H26N4OS/c1-3-11-27(12-4-1)43-46-44(28-13-5-2-6-14-28)48-45(47-43)29-19-21-33-34-25-36-35-24-30(20-22-41(35)51-42(36)26-40(34)50-39(33)23-29)49-37-17-9-7-15-31(37)32-16-8-10-18-38(32)49/h1-26H. The summed E-state index contributed by atoms with van der Waals surface area (Å²) >= 11 is 1.80. The number of thiophene rings is 1. The number of rotatable bonds is 4. The zero-order chi connectivity index (χ0) is 33.5. The monoisotopic (exact) mass is 670 g/mol. The van der Waals surface area contributed by atoms with Crippen LogP contribution in [0.2, 0.25) is 0 Å². The minimum Gasteiger partial charge on any atom is -0.456 e. The van der Waals surface area contributed by atoms with Gasteiger partial charge in [0.2, 0.25) is 0 Å². The van der Waals surface area contributed by atoms with E-state index >= 15 is 0 Å². The van der Waals surface area contributed by atoms with Crippen molar-refractivity contribution in [3.8, 4) is 39.9 Å². The van der Waals surface area contributed by atoms with Crippen LogP contribution in [0.25, 0.3) is 104 Å². The fourth-order valence-electron chi connectivity index (χ4n) is 7.45. The molecule has 51 heavy (non-hydrogen) atoms. The molecule has 0 unspecified atom stereocenters. The van der Waals surface area contributed by atoms with Crippen LogP contribution < -0.4 is 0 Å². The highest BCUT2D eigenvalue weighted by molar-refractivity contribution is 7.25. The molecule has 0 amide bonds. The van der Waals surface area contributed by atoms with Crippen molar-refractivity contribution in [1.82, 2.24) is 19.5 Å². The summed E-state index contributed by atoms with van der Waals surface area (Å²) in [4.78, 5) is 14.7. The van der Waals surface area contributed by atoms with Crippen molar-refractivity contribution in [2.24, 2.45) is 0 Å². The predicted molar refractivity (Wildman–Crippen MR) is 211 cm³/mol. The quantitative estimate of drug-likeness (QED) is 0.187. The topological polar surface area (TPSA) is 56.7 Å². The third-order valence-corrected chi connectivity index (χ3v) is 11.0. The minimum absolute atomic E-state index is 0.606. The summed E-state index contributed by atoms with van der Waals surface area (Å²) in [6.45, 7) is 0. The summed E-state index contributed by atoms with van der Waals surface area (Å²) in [5, 5.41) is 7.16. The van der Waals surface area contributed by atoms with Crippen molar-refractivity contribution in [1.29, 1.82) is 0 Å². The fraction of sp³-hybridized carbons (Fsp3) is 0. The van der Waals surface area contributed by atoms with Gasteiger partial charge in [0.1, 0.15) is 11.2 Å². The minimum atomic E-state index is 0.606. The number of furan rings is 1. The Morgan fingerprint density at radius 2 is 0.961 bits per heavy atom. The van der Waals surface area contributed by atoms with Gasteiger partial charge in [0.15, 0.2) is 17.5 Å². The van der Waals surface area contributed by atoms with E-state index in [4.69, 9.17) is 19.4 Å². The SMILES string of the molecule is c1ccc(-c2nc(-c3ccccc3)nc(-c3ccc4c(c3)oc3cc5sc6ccc(-n7c8ccccc8c8ccccc87)cc6c5cc34)n2)cc1. The van der Waals surface area contributed by atoms with Crippen LogP contribution in [0, 0.1) is 0 Å². The number of hydrogen-bond donors (Lipinski definition) is 0. The Morgan fingerprint density at radius 3 is 1.63 bits per heavy atom. The average molecular weight is 671 g/mol. The van der Waals surface area contributed by atoms with Crippen molar-refractivity contribution in [3.63, 3.8) is 0 Å². The van der Waals surface area contributed by atoms with E-state index in [2.05, 4.69) is 102 Å². The van der Waals surface area contributed by atoms with E-state index in [0.29, 0.717) is 17.5 Å². The lowest BCUT2D eigenvalue weighted by Crippen LogP contribution is -2.00. The normalized spacial score (nSPS) is 11.9. The molecule has 238 valence electrons. The van der Waals surface area contributed by atoms with Gasteiger partial charge < -0.3 is 8.98 Å². The molecular formula is C45H26N4OS. The Bertz CT molecular complexity index is 3030. The maximum atomic E-state index is 6.56. The third-order valence-electron chi connectivity index (χ3n) is 9.84. The van der Waals surface area contributed by atoms with Crippen LogP contribution in [0.15, 0.2) is 162 Å². The van der Waals surface area contributed by atoms with Gasteiger partial charge in [-0.1, -0.05) is 103 Å². The number of hydrogen-bond acceptors (Lipinski definition) is 5. The van der Waals surface area contributed by atoms with Crippen LogP contribution in [-0.2, 0) is 0 Å². The first-order valence-corrected chi connectivity index (χ1v) is 17.8. The molecule has 11 aromatic rings. The molecule has 0 atom stereocenters. The van der Waals surface area contributed by atoms with Crippen LogP contribution in [0.4, 0.5) is 0 Å². The second-order valence-electron chi connectivity index (χ2n) is 12.8. The molecule has 0 bridgehead atoms. The Kier molecular flexibility index (Phi) is 6.05. The number of nitrogens with zero attached hydrogens (tertiary/aromatic N) is 4. The van der Waals surface area contributed by atoms with Gasteiger partial charge in [0.05, 0.1) is 11.0 Å². The lowest BCUT2D eigenvalue weighted by Gasteiger charge is -2.08. The van der Waals surface area contributed by atoms with E-state index in [1.54, 1.807) is 11.3 Å². The maximum Gasteiger partial charge on any atom is 0.164 e. The molecule has 0 saturated heterocycles. The molecule has 6 heteroatoms. The van der Waals surface area contributed by atoms with Gasteiger partial charge in [-0.15, -0.1) is 11.3 Å². The highest BCUT2D eigenvalue weighted by Crippen LogP contribution is 2.42. The van der Waals surface area contributed by atoms with E-state index in [9.17, 15) is 0 Å². The molecule has 0 fully saturated rings. The van der Waals surface area contributed by atoms with Gasteiger partial charge in [0, 0.05) is 64.1 Å². The summed E-state index contributed by atoms with van der Waals surface area (Å²) in [6, 6.07) is 55.0. The fourth-order valence-corrected chi connectivity index (χ4v) is 8.55. The summed E-state index contributed by atoms with van der Waals surface area (Å²) < 4.78 is 11.4. The highest BCUT2D eigenvalue weighted by Gasteiger charge is 2.18. The lowest BCUT2D eigenvalue weighted by molar-refractivity contribution is 0.669. The molecule has 4 aromatic heterocycles. The summed E-state index contributed by atoms with van der Waals surface area (Å²) in [5.74, 6) is 1.88. The van der Waals surface area contributed by atoms with Gasteiger partial charge in [-0.2, -0.15) is 0 Å². The number of aromatic nitrogens is 4. The Hall–Kier alpha value is -6.63. The predicted octanol–water partition coefficient (Wildman–Crippen LogP) is 12.2. The summed E-state index contributed by atoms with van der Waals surface area (Å²) in [6.07, 6.45) is 0. The Morgan fingerprint density at radius 1 is 0.392 bits per heavy atom. The number of fused-ring (bicyclic) bond motifs is 9. The first-order chi connectivity index (χ1) is 25.2. The van der Waals surface area contributed by atoms with E-state index < -0.39 is 0 Å². The molecule has 0 saturated carbocycles. The van der Waals surface area contributed by atoms with Gasteiger partial charge >= 0.3 is 0 Å². The van der Waals surface area contributed by atoms with Crippen LogP contribution >= 0.6 is 11.3 Å². The van der Waals surface area contributed by atoms with Crippen molar-refractivity contribution in [2.45, 2.75) is 0 Å². The van der Waals surface area contributed by atoms with E-state index in [0.717, 1.165) is 44.3 Å². The molecule has 5 nitrogen and oxygen atoms in total. The van der Waals surface area contributed by atoms with E-state index in [1.165, 1.54) is 42.0 Å². The summed E-state index contributed by atoms with van der Waals surface area (Å²) in [5.41, 5.74) is 8.01. The van der Waals surface area contributed by atoms with Gasteiger partial charge in [0.25, 0.3) is 0 Å². The first kappa shape index (κ1) is 28.2. The third kappa shape index (κ3) is 4.43. The van der Waals surface area contributed by atoms with Crippen LogP contribution in [-0.4, -0.2) is 19.5 Å². The molecular weight excluding hydrogens is 645 g/mol. The van der Waals surface area contributed by atoms with Crippen molar-refractivity contribution < 1.29 is 4.42 Å². The molecule has 0 N–H and O–H groups in total. The smallest absolute Gasteiger partial charge is 0.164 e. The van der Waals surface area contributed by atoms with Crippen molar-refractivity contribution in [3.05, 3.63) is 158 Å². The Labute approximate surface area is 295 Å². The van der Waals surface area contributed by atoms with Crippen LogP contribution in [0.1, 0.15) is 0 Å². The van der Waals surface area contributed by atoms with E-state index in [1.807, 2.05) is 60.7 Å². The molecule has 7 aromatic carbocycles. The number of benzene rings is 7. The van der Waals surface area contributed by atoms with Gasteiger partial charge in [-0.3, -0.25) is 0 Å².